The summed E-state index contributed by atoms with van der Waals surface area (Å²) in [6.45, 7) is 15.8. The molecule has 2 aliphatic rings. The van der Waals surface area contributed by atoms with Crippen LogP contribution in [0.1, 0.15) is 46.1 Å². The Hall–Kier alpha value is -1.79. The number of hydrogen-bond donors (Lipinski definition) is 2. The molecule has 6 heteroatoms. The number of nitrogens with zero attached hydrogens (tertiary/aromatic N) is 2. The van der Waals surface area contributed by atoms with E-state index in [2.05, 4.69) is 67.5 Å². The van der Waals surface area contributed by atoms with Crippen molar-refractivity contribution in [3.8, 4) is 0 Å². The van der Waals surface area contributed by atoms with Crippen molar-refractivity contribution in [2.75, 3.05) is 50.9 Å². The summed E-state index contributed by atoms with van der Waals surface area (Å²) >= 11 is 0. The average molecular weight is 417 g/mol. The van der Waals surface area contributed by atoms with Crippen molar-refractivity contribution in [1.29, 1.82) is 0 Å². The van der Waals surface area contributed by atoms with Crippen LogP contribution in [0.25, 0.3) is 0 Å². The molecule has 0 saturated carbocycles. The van der Waals surface area contributed by atoms with E-state index in [-0.39, 0.29) is 11.5 Å². The van der Waals surface area contributed by atoms with Gasteiger partial charge in [-0.3, -0.25) is 0 Å². The molecule has 1 aromatic carbocycles. The Bertz CT molecular complexity index is 663. The molecular formula is C24H40N4O2. The molecule has 0 radical (unpaired) electrons. The van der Waals surface area contributed by atoms with E-state index in [1.165, 1.54) is 17.7 Å². The Morgan fingerprint density at radius 1 is 1.10 bits per heavy atom. The first-order chi connectivity index (χ1) is 14.5. The van der Waals surface area contributed by atoms with Crippen LogP contribution in [0.2, 0.25) is 0 Å². The summed E-state index contributed by atoms with van der Waals surface area (Å²) in [5, 5.41) is 6.95. The molecule has 0 bridgehead atoms. The first-order valence-corrected chi connectivity index (χ1v) is 11.5. The number of morpholine rings is 1. The fraction of sp³-hybridized carbons (Fsp3) is 0.708. The van der Waals surface area contributed by atoms with E-state index in [1.54, 1.807) is 0 Å². The fourth-order valence-electron chi connectivity index (χ4n) is 4.38. The molecule has 30 heavy (non-hydrogen) atoms. The molecule has 0 amide bonds. The second-order valence-electron chi connectivity index (χ2n) is 9.40. The molecule has 0 aliphatic carbocycles. The van der Waals surface area contributed by atoms with Crippen LogP contribution in [0.4, 0.5) is 5.69 Å². The second kappa shape index (κ2) is 11.0. The van der Waals surface area contributed by atoms with E-state index in [1.807, 2.05) is 0 Å². The number of anilines is 1. The summed E-state index contributed by atoms with van der Waals surface area (Å²) in [4.78, 5) is 7.19. The van der Waals surface area contributed by atoms with Crippen LogP contribution in [0.5, 0.6) is 0 Å². The molecule has 2 atom stereocenters. The van der Waals surface area contributed by atoms with Crippen molar-refractivity contribution in [2.24, 2.45) is 16.3 Å². The zero-order valence-electron chi connectivity index (χ0n) is 19.2. The second-order valence-corrected chi connectivity index (χ2v) is 9.40. The van der Waals surface area contributed by atoms with Gasteiger partial charge in [0.15, 0.2) is 5.96 Å². The Labute approximate surface area is 182 Å². The summed E-state index contributed by atoms with van der Waals surface area (Å²) in [5.74, 6) is 1.39. The Morgan fingerprint density at radius 2 is 1.83 bits per heavy atom. The first-order valence-electron chi connectivity index (χ1n) is 11.5. The number of nitrogens with one attached hydrogen (secondary N) is 2. The van der Waals surface area contributed by atoms with Gasteiger partial charge in [-0.25, -0.2) is 4.99 Å². The molecule has 6 nitrogen and oxygen atoms in total. The predicted molar refractivity (Wildman–Crippen MR) is 124 cm³/mol. The van der Waals surface area contributed by atoms with Gasteiger partial charge >= 0.3 is 0 Å². The molecule has 2 unspecified atom stereocenters. The number of guanidine groups is 1. The maximum Gasteiger partial charge on any atom is 0.191 e. The topological polar surface area (TPSA) is 58.1 Å². The summed E-state index contributed by atoms with van der Waals surface area (Å²) in [6.07, 6.45) is 2.63. The maximum atomic E-state index is 6.13. The van der Waals surface area contributed by atoms with Crippen molar-refractivity contribution >= 4 is 11.6 Å². The van der Waals surface area contributed by atoms with Crippen LogP contribution in [0.15, 0.2) is 29.3 Å². The van der Waals surface area contributed by atoms with Crippen LogP contribution >= 0.6 is 0 Å². The highest BCUT2D eigenvalue weighted by Gasteiger charge is 2.35. The third-order valence-corrected chi connectivity index (χ3v) is 5.91. The van der Waals surface area contributed by atoms with E-state index < -0.39 is 0 Å². The number of benzene rings is 1. The summed E-state index contributed by atoms with van der Waals surface area (Å²) in [5.41, 5.74) is 2.64. The lowest BCUT2D eigenvalue weighted by Gasteiger charge is -2.40. The summed E-state index contributed by atoms with van der Waals surface area (Å²) in [6, 6.07) is 8.76. The van der Waals surface area contributed by atoms with Gasteiger partial charge < -0.3 is 25.0 Å². The van der Waals surface area contributed by atoms with Crippen LogP contribution in [0, 0.1) is 11.3 Å². The fourth-order valence-corrected chi connectivity index (χ4v) is 4.38. The quantitative estimate of drug-likeness (QED) is 0.550. The molecule has 2 saturated heterocycles. The minimum absolute atomic E-state index is 0.157. The van der Waals surface area contributed by atoms with Gasteiger partial charge in [-0.05, 0) is 42.9 Å². The third-order valence-electron chi connectivity index (χ3n) is 5.91. The summed E-state index contributed by atoms with van der Waals surface area (Å²) < 4.78 is 11.6. The van der Waals surface area contributed by atoms with E-state index in [0.717, 1.165) is 58.4 Å². The molecule has 2 N–H and O–H groups in total. The van der Waals surface area contributed by atoms with Crippen LogP contribution in [-0.2, 0) is 16.0 Å². The van der Waals surface area contributed by atoms with Gasteiger partial charge in [-0.1, -0.05) is 32.9 Å². The minimum Gasteiger partial charge on any atom is -0.378 e. The van der Waals surface area contributed by atoms with Gasteiger partial charge in [-0.15, -0.1) is 0 Å². The van der Waals surface area contributed by atoms with Crippen molar-refractivity contribution in [3.05, 3.63) is 29.8 Å². The van der Waals surface area contributed by atoms with Gasteiger partial charge in [0.05, 0.1) is 25.9 Å². The lowest BCUT2D eigenvalue weighted by Crippen LogP contribution is -2.47. The van der Waals surface area contributed by atoms with Crippen LogP contribution in [-0.4, -0.2) is 58.1 Å². The van der Waals surface area contributed by atoms with Crippen molar-refractivity contribution in [2.45, 2.75) is 53.2 Å². The highest BCUT2D eigenvalue weighted by atomic mass is 16.5. The van der Waals surface area contributed by atoms with Gasteiger partial charge in [0, 0.05) is 44.4 Å². The monoisotopic (exact) mass is 416 g/mol. The van der Waals surface area contributed by atoms with E-state index in [0.29, 0.717) is 12.5 Å². The van der Waals surface area contributed by atoms with Gasteiger partial charge in [0.1, 0.15) is 0 Å². The SMILES string of the molecule is CCNC(=NCc1ccc(N2CCOCC2)cc1)NCC1CCCOC1C(C)(C)C. The van der Waals surface area contributed by atoms with E-state index in [4.69, 9.17) is 14.5 Å². The third kappa shape index (κ3) is 6.61. The molecule has 2 fully saturated rings. The van der Waals surface area contributed by atoms with Crippen LogP contribution in [0.3, 0.4) is 0 Å². The number of ether oxygens (including phenoxy) is 2. The number of aliphatic imine (C=N–C) groups is 1. The van der Waals surface area contributed by atoms with Crippen molar-refractivity contribution in [3.63, 3.8) is 0 Å². The number of hydrogen-bond acceptors (Lipinski definition) is 4. The largest absolute Gasteiger partial charge is 0.378 e. The molecule has 1 aromatic rings. The molecular weight excluding hydrogens is 376 g/mol. The van der Waals surface area contributed by atoms with Crippen molar-refractivity contribution < 1.29 is 9.47 Å². The van der Waals surface area contributed by atoms with Gasteiger partial charge in [0.25, 0.3) is 0 Å². The smallest absolute Gasteiger partial charge is 0.191 e. The van der Waals surface area contributed by atoms with E-state index >= 15 is 0 Å². The number of rotatable bonds is 6. The van der Waals surface area contributed by atoms with Gasteiger partial charge in [-0.2, -0.15) is 0 Å². The first kappa shape index (κ1) is 22.9. The highest BCUT2D eigenvalue weighted by Crippen LogP contribution is 2.33. The van der Waals surface area contributed by atoms with E-state index in [9.17, 15) is 0 Å². The average Bonchev–Trinajstić information content (AvgIpc) is 2.76. The molecule has 2 aliphatic heterocycles. The normalized spacial score (nSPS) is 23.3. The van der Waals surface area contributed by atoms with Crippen LogP contribution < -0.4 is 15.5 Å². The molecule has 0 aromatic heterocycles. The Kier molecular flexibility index (Phi) is 8.40. The van der Waals surface area contributed by atoms with Gasteiger partial charge in [0.2, 0.25) is 0 Å². The lowest BCUT2D eigenvalue weighted by atomic mass is 9.78. The Morgan fingerprint density at radius 3 is 2.50 bits per heavy atom. The molecule has 0 spiro atoms. The van der Waals surface area contributed by atoms with Crippen molar-refractivity contribution in [1.82, 2.24) is 10.6 Å². The molecule has 3 rings (SSSR count). The maximum absolute atomic E-state index is 6.13. The zero-order chi connectivity index (χ0) is 21.4. The minimum atomic E-state index is 0.157. The Balaban J connectivity index is 1.56. The lowest BCUT2D eigenvalue weighted by molar-refractivity contribution is -0.0835. The molecule has 168 valence electrons. The zero-order valence-corrected chi connectivity index (χ0v) is 19.2. The summed E-state index contributed by atoms with van der Waals surface area (Å²) in [7, 11) is 0. The standard InChI is InChI=1S/C24H40N4O2/c1-5-25-23(27-18-20-7-6-14-30-22(20)24(2,3)4)26-17-19-8-10-21(11-9-19)28-12-15-29-16-13-28/h8-11,20,22H,5-7,12-18H2,1-4H3,(H2,25,26,27). The highest BCUT2D eigenvalue weighted by molar-refractivity contribution is 5.79. The predicted octanol–water partition coefficient (Wildman–Crippen LogP) is 3.42. The molecule has 2 heterocycles.